The highest BCUT2D eigenvalue weighted by Crippen LogP contribution is 2.27. The Bertz CT molecular complexity index is 671. The minimum Gasteiger partial charge on any atom is -0.488 e. The molecule has 2 rings (SSSR count). The normalized spacial score (nSPS) is 11.1. The molecule has 0 aliphatic heterocycles. The first-order valence-electron chi connectivity index (χ1n) is 6.10. The van der Waals surface area contributed by atoms with E-state index in [4.69, 9.17) is 4.74 Å². The van der Waals surface area contributed by atoms with Crippen molar-refractivity contribution in [2.24, 2.45) is 0 Å². The first kappa shape index (κ1) is 16.6. The maximum Gasteiger partial charge on any atom is 0.573 e. The Hall–Kier alpha value is -1.77. The molecule has 0 bridgehead atoms. The smallest absolute Gasteiger partial charge is 0.488 e. The van der Waals surface area contributed by atoms with Crippen molar-refractivity contribution >= 4 is 28.9 Å². The van der Waals surface area contributed by atoms with Gasteiger partial charge in [0.05, 0.1) is 5.56 Å². The molecule has 0 heterocycles. The van der Waals surface area contributed by atoms with Crippen LogP contribution in [-0.2, 0) is 6.61 Å². The topological polar surface area (TPSA) is 35.5 Å². The van der Waals surface area contributed by atoms with Crippen molar-refractivity contribution in [2.75, 3.05) is 0 Å². The Morgan fingerprint density at radius 3 is 2.55 bits per heavy atom. The van der Waals surface area contributed by atoms with E-state index in [2.05, 4.69) is 4.74 Å². The van der Waals surface area contributed by atoms with Crippen LogP contribution >= 0.6 is 22.6 Å². The molecule has 0 saturated carbocycles. The number of rotatable bonds is 5. The summed E-state index contributed by atoms with van der Waals surface area (Å²) in [6.45, 7) is 0.0260. The summed E-state index contributed by atoms with van der Waals surface area (Å²) >= 11 is 1.99. The summed E-state index contributed by atoms with van der Waals surface area (Å²) in [4.78, 5) is 10.9. The van der Waals surface area contributed by atoms with Crippen LogP contribution in [0, 0.1) is 3.57 Å². The zero-order valence-corrected chi connectivity index (χ0v) is 13.2. The number of benzene rings is 2. The van der Waals surface area contributed by atoms with Gasteiger partial charge in [-0.25, -0.2) is 0 Å². The predicted octanol–water partition coefficient (Wildman–Crippen LogP) is 4.58. The van der Waals surface area contributed by atoms with Gasteiger partial charge in [-0.05, 0) is 52.9 Å². The third kappa shape index (κ3) is 4.62. The lowest BCUT2D eigenvalue weighted by atomic mass is 10.2. The van der Waals surface area contributed by atoms with Gasteiger partial charge in [0.1, 0.15) is 18.1 Å². The predicted molar refractivity (Wildman–Crippen MR) is 82.0 cm³/mol. The van der Waals surface area contributed by atoms with Crippen LogP contribution in [0.3, 0.4) is 0 Å². The van der Waals surface area contributed by atoms with Crippen molar-refractivity contribution in [1.29, 1.82) is 0 Å². The Labute approximate surface area is 138 Å². The van der Waals surface area contributed by atoms with E-state index < -0.39 is 6.36 Å². The van der Waals surface area contributed by atoms with Gasteiger partial charge in [0.25, 0.3) is 0 Å². The van der Waals surface area contributed by atoms with Gasteiger partial charge in [0.2, 0.25) is 0 Å². The average Bonchev–Trinajstić information content (AvgIpc) is 2.46. The Morgan fingerprint density at radius 1 is 1.14 bits per heavy atom. The number of alkyl halides is 3. The van der Waals surface area contributed by atoms with Crippen molar-refractivity contribution in [3.05, 3.63) is 57.2 Å². The van der Waals surface area contributed by atoms with E-state index in [0.717, 1.165) is 3.57 Å². The van der Waals surface area contributed by atoms with E-state index >= 15 is 0 Å². The van der Waals surface area contributed by atoms with Gasteiger partial charge >= 0.3 is 6.36 Å². The summed E-state index contributed by atoms with van der Waals surface area (Å²) < 4.78 is 46.8. The molecular weight excluding hydrogens is 412 g/mol. The van der Waals surface area contributed by atoms with E-state index in [1.54, 1.807) is 24.3 Å². The molecule has 116 valence electrons. The van der Waals surface area contributed by atoms with Gasteiger partial charge in [-0.1, -0.05) is 12.1 Å². The number of carbonyl (C=O) groups is 1. The van der Waals surface area contributed by atoms with Gasteiger partial charge in [0, 0.05) is 9.13 Å². The average molecular weight is 422 g/mol. The van der Waals surface area contributed by atoms with E-state index in [-0.39, 0.29) is 12.4 Å². The van der Waals surface area contributed by atoms with Gasteiger partial charge in [-0.2, -0.15) is 0 Å². The molecule has 0 fully saturated rings. The third-order valence-corrected chi connectivity index (χ3v) is 3.73. The van der Waals surface area contributed by atoms with Crippen LogP contribution in [0.25, 0.3) is 0 Å². The highest BCUT2D eigenvalue weighted by molar-refractivity contribution is 14.1. The fourth-order valence-electron chi connectivity index (χ4n) is 1.72. The molecule has 0 aromatic heterocycles. The number of ether oxygens (including phenoxy) is 2. The van der Waals surface area contributed by atoms with E-state index in [1.807, 2.05) is 22.6 Å². The monoisotopic (exact) mass is 422 g/mol. The molecule has 0 spiro atoms. The van der Waals surface area contributed by atoms with Crippen LogP contribution < -0.4 is 9.47 Å². The van der Waals surface area contributed by atoms with Gasteiger partial charge < -0.3 is 9.47 Å². The van der Waals surface area contributed by atoms with Crippen LogP contribution in [0.1, 0.15) is 15.9 Å². The second-order valence-electron chi connectivity index (χ2n) is 4.25. The summed E-state index contributed by atoms with van der Waals surface area (Å²) in [7, 11) is 0. The lowest BCUT2D eigenvalue weighted by Gasteiger charge is -2.13. The Morgan fingerprint density at radius 2 is 1.86 bits per heavy atom. The van der Waals surface area contributed by atoms with Crippen molar-refractivity contribution in [3.8, 4) is 11.5 Å². The number of hydrogen-bond donors (Lipinski definition) is 0. The van der Waals surface area contributed by atoms with Crippen LogP contribution in [0.5, 0.6) is 11.5 Å². The van der Waals surface area contributed by atoms with Crippen molar-refractivity contribution in [1.82, 2.24) is 0 Å². The van der Waals surface area contributed by atoms with Crippen molar-refractivity contribution in [3.63, 3.8) is 0 Å². The quantitative estimate of drug-likeness (QED) is 0.523. The summed E-state index contributed by atoms with van der Waals surface area (Å²) in [5, 5.41) is 0. The fourth-order valence-corrected chi connectivity index (χ4v) is 2.21. The molecule has 22 heavy (non-hydrogen) atoms. The first-order chi connectivity index (χ1) is 10.4. The first-order valence-corrected chi connectivity index (χ1v) is 7.18. The summed E-state index contributed by atoms with van der Waals surface area (Å²) in [6, 6.07) is 10.6. The zero-order chi connectivity index (χ0) is 16.2. The van der Waals surface area contributed by atoms with Gasteiger partial charge in [-0.15, -0.1) is 13.2 Å². The largest absolute Gasteiger partial charge is 0.573 e. The number of halogens is 4. The SMILES string of the molecule is O=Cc1ccccc1OCc1cc(OC(F)(F)F)ccc1I. The van der Waals surface area contributed by atoms with Crippen molar-refractivity contribution in [2.45, 2.75) is 13.0 Å². The molecule has 3 nitrogen and oxygen atoms in total. The molecule has 0 radical (unpaired) electrons. The third-order valence-electron chi connectivity index (χ3n) is 2.68. The summed E-state index contributed by atoms with van der Waals surface area (Å²) in [6.07, 6.45) is -4.08. The van der Waals surface area contributed by atoms with Gasteiger partial charge in [0.15, 0.2) is 6.29 Å². The maximum absolute atomic E-state index is 12.2. The fraction of sp³-hybridized carbons (Fsp3) is 0.133. The molecule has 0 N–H and O–H groups in total. The minimum atomic E-state index is -4.74. The molecule has 0 atom stereocenters. The molecule has 7 heteroatoms. The van der Waals surface area contributed by atoms with E-state index in [0.29, 0.717) is 23.2 Å². The molecule has 0 aliphatic rings. The van der Waals surface area contributed by atoms with Crippen LogP contribution in [0.15, 0.2) is 42.5 Å². The lowest BCUT2D eigenvalue weighted by Crippen LogP contribution is -2.17. The highest BCUT2D eigenvalue weighted by atomic mass is 127. The number of para-hydroxylation sites is 1. The lowest BCUT2D eigenvalue weighted by molar-refractivity contribution is -0.274. The van der Waals surface area contributed by atoms with E-state index in [1.165, 1.54) is 18.2 Å². The van der Waals surface area contributed by atoms with Gasteiger partial charge in [-0.3, -0.25) is 4.79 Å². The Kier molecular flexibility index (Phi) is 5.28. The molecule has 2 aromatic carbocycles. The number of carbonyl (C=O) groups excluding carboxylic acids is 1. The zero-order valence-electron chi connectivity index (χ0n) is 11.1. The molecule has 0 saturated heterocycles. The molecule has 0 unspecified atom stereocenters. The van der Waals surface area contributed by atoms with E-state index in [9.17, 15) is 18.0 Å². The highest BCUT2D eigenvalue weighted by Gasteiger charge is 2.31. The Balaban J connectivity index is 2.15. The molecule has 0 amide bonds. The minimum absolute atomic E-state index is 0.0260. The van der Waals surface area contributed by atoms with Crippen LogP contribution in [0.2, 0.25) is 0 Å². The summed E-state index contributed by atoms with van der Waals surface area (Å²) in [5.74, 6) is 0.0608. The molecule has 2 aromatic rings. The van der Waals surface area contributed by atoms with Crippen LogP contribution in [-0.4, -0.2) is 12.6 Å². The van der Waals surface area contributed by atoms with Crippen LogP contribution in [0.4, 0.5) is 13.2 Å². The standard InChI is InChI=1S/C15H10F3IO3/c16-15(17,18)22-12-5-6-13(19)11(7-12)9-21-14-4-2-1-3-10(14)8-20/h1-8H,9H2. The van der Waals surface area contributed by atoms with Crippen molar-refractivity contribution < 1.29 is 27.4 Å². The molecule has 0 aliphatic carbocycles. The second-order valence-corrected chi connectivity index (χ2v) is 5.41. The summed E-state index contributed by atoms with van der Waals surface area (Å²) in [5.41, 5.74) is 0.906. The number of aldehydes is 1. The molecular formula is C15H10F3IO3. The number of hydrogen-bond acceptors (Lipinski definition) is 3. The second kappa shape index (κ2) is 6.99. The maximum atomic E-state index is 12.2.